The van der Waals surface area contributed by atoms with Gasteiger partial charge in [-0.25, -0.2) is 0 Å². The third-order valence-corrected chi connectivity index (χ3v) is 3.64. The van der Waals surface area contributed by atoms with Crippen LogP contribution in [0.5, 0.6) is 0 Å². The zero-order chi connectivity index (χ0) is 12.4. The summed E-state index contributed by atoms with van der Waals surface area (Å²) in [5.41, 5.74) is 5.54. The Bertz CT molecular complexity index is 515. The largest absolute Gasteiger partial charge is 0.324 e. The van der Waals surface area contributed by atoms with E-state index >= 15 is 0 Å². The second-order valence-electron chi connectivity index (χ2n) is 3.67. The van der Waals surface area contributed by atoms with Crippen LogP contribution >= 0.6 is 11.8 Å². The lowest BCUT2D eigenvalue weighted by molar-refractivity contribution is 0.733. The van der Waals surface area contributed by atoms with E-state index in [1.807, 2.05) is 30.2 Å². The van der Waals surface area contributed by atoms with Crippen LogP contribution in [0.25, 0.3) is 0 Å². The molecule has 0 aliphatic rings. The minimum atomic E-state index is 0.396. The molecule has 0 bridgehead atoms. The Morgan fingerprint density at radius 1 is 1.06 bits per heavy atom. The quantitative estimate of drug-likeness (QED) is 0.772. The number of nitrogens with zero attached hydrogens (tertiary/aromatic N) is 6. The average molecular weight is 253 g/mol. The maximum atomic E-state index is 5.54. The molecule has 0 aromatic carbocycles. The zero-order valence-electron chi connectivity index (χ0n) is 10.1. The molecule has 2 N–H and O–H groups in total. The van der Waals surface area contributed by atoms with Crippen molar-refractivity contribution in [2.45, 2.75) is 24.4 Å². The van der Waals surface area contributed by atoms with Gasteiger partial charge < -0.3 is 14.9 Å². The van der Waals surface area contributed by atoms with Gasteiger partial charge in [0.2, 0.25) is 0 Å². The summed E-state index contributed by atoms with van der Waals surface area (Å²) in [7, 11) is 3.86. The first-order valence-electron chi connectivity index (χ1n) is 5.19. The van der Waals surface area contributed by atoms with E-state index in [9.17, 15) is 0 Å². The molecule has 2 heterocycles. The molecule has 92 valence electrons. The molecular weight excluding hydrogens is 238 g/mol. The molecular formula is C9H15N7S. The summed E-state index contributed by atoms with van der Waals surface area (Å²) in [6.45, 7) is 2.32. The molecule has 0 atom stereocenters. The molecule has 0 radical (unpaired) electrons. The van der Waals surface area contributed by atoms with Crippen LogP contribution in [0, 0.1) is 6.92 Å². The predicted molar refractivity (Wildman–Crippen MR) is 64.2 cm³/mol. The molecule has 0 unspecified atom stereocenters. The lowest BCUT2D eigenvalue weighted by atomic mass is 10.6. The molecule has 0 fully saturated rings. The van der Waals surface area contributed by atoms with Crippen molar-refractivity contribution in [3.63, 3.8) is 0 Å². The monoisotopic (exact) mass is 253 g/mol. The van der Waals surface area contributed by atoms with Gasteiger partial charge in [0.15, 0.2) is 5.16 Å². The molecule has 0 aliphatic heterocycles. The molecule has 0 saturated carbocycles. The first-order chi connectivity index (χ1) is 8.13. The van der Waals surface area contributed by atoms with Gasteiger partial charge in [0.1, 0.15) is 17.5 Å². The summed E-state index contributed by atoms with van der Waals surface area (Å²) in [5, 5.41) is 17.0. The Balaban J connectivity index is 2.07. The molecule has 17 heavy (non-hydrogen) atoms. The van der Waals surface area contributed by atoms with Crippen LogP contribution in [0.4, 0.5) is 0 Å². The molecule has 0 spiro atoms. The van der Waals surface area contributed by atoms with Gasteiger partial charge in [-0.1, -0.05) is 11.8 Å². The minimum absolute atomic E-state index is 0.396. The highest BCUT2D eigenvalue weighted by molar-refractivity contribution is 7.98. The van der Waals surface area contributed by atoms with Gasteiger partial charge >= 0.3 is 0 Å². The third-order valence-electron chi connectivity index (χ3n) is 2.62. The minimum Gasteiger partial charge on any atom is -0.324 e. The molecule has 0 saturated heterocycles. The van der Waals surface area contributed by atoms with Crippen LogP contribution in [-0.2, 0) is 26.4 Å². The van der Waals surface area contributed by atoms with E-state index in [1.165, 1.54) is 0 Å². The molecule has 2 aromatic rings. The number of nitrogens with two attached hydrogens (primary N) is 1. The van der Waals surface area contributed by atoms with E-state index < -0.39 is 0 Å². The van der Waals surface area contributed by atoms with Crippen molar-refractivity contribution < 1.29 is 0 Å². The first-order valence-corrected chi connectivity index (χ1v) is 6.18. The van der Waals surface area contributed by atoms with E-state index in [0.717, 1.165) is 22.6 Å². The van der Waals surface area contributed by atoms with E-state index in [0.29, 0.717) is 12.3 Å². The van der Waals surface area contributed by atoms with Gasteiger partial charge in [-0.15, -0.1) is 20.4 Å². The van der Waals surface area contributed by atoms with Crippen molar-refractivity contribution in [3.8, 4) is 0 Å². The number of hydrogen-bond acceptors (Lipinski definition) is 6. The van der Waals surface area contributed by atoms with Gasteiger partial charge in [0, 0.05) is 14.1 Å². The second-order valence-corrected chi connectivity index (χ2v) is 4.62. The van der Waals surface area contributed by atoms with Gasteiger partial charge in [-0.3, -0.25) is 0 Å². The van der Waals surface area contributed by atoms with Gasteiger partial charge in [0.05, 0.1) is 12.3 Å². The summed E-state index contributed by atoms with van der Waals surface area (Å²) < 4.78 is 3.86. The normalized spacial score (nSPS) is 11.1. The highest BCUT2D eigenvalue weighted by atomic mass is 32.2. The topological polar surface area (TPSA) is 87.4 Å². The van der Waals surface area contributed by atoms with Crippen LogP contribution in [0.1, 0.15) is 17.5 Å². The Morgan fingerprint density at radius 2 is 1.76 bits per heavy atom. The van der Waals surface area contributed by atoms with Crippen molar-refractivity contribution in [2.24, 2.45) is 19.8 Å². The molecule has 0 amide bonds. The van der Waals surface area contributed by atoms with Crippen molar-refractivity contribution in [3.05, 3.63) is 17.5 Å². The van der Waals surface area contributed by atoms with Crippen molar-refractivity contribution >= 4 is 11.8 Å². The molecule has 2 rings (SSSR count). The SMILES string of the molecule is Cc1nnc(CSc2nnc(CN)n2C)n1C. The third kappa shape index (κ3) is 2.32. The lowest BCUT2D eigenvalue weighted by Crippen LogP contribution is -2.05. The number of hydrogen-bond donors (Lipinski definition) is 1. The zero-order valence-corrected chi connectivity index (χ0v) is 10.9. The number of thioether (sulfide) groups is 1. The van der Waals surface area contributed by atoms with Gasteiger partial charge in [0.25, 0.3) is 0 Å². The Morgan fingerprint density at radius 3 is 2.29 bits per heavy atom. The van der Waals surface area contributed by atoms with Crippen LogP contribution in [0.3, 0.4) is 0 Å². The summed E-state index contributed by atoms with van der Waals surface area (Å²) >= 11 is 1.57. The Kier molecular flexibility index (Phi) is 3.43. The van der Waals surface area contributed by atoms with Crippen molar-refractivity contribution in [2.75, 3.05) is 0 Å². The number of rotatable bonds is 4. The van der Waals surface area contributed by atoms with Crippen LogP contribution in [-0.4, -0.2) is 29.5 Å². The maximum Gasteiger partial charge on any atom is 0.191 e. The smallest absolute Gasteiger partial charge is 0.191 e. The number of aryl methyl sites for hydroxylation is 1. The summed E-state index contributed by atoms with van der Waals surface area (Å²) in [6.07, 6.45) is 0. The fourth-order valence-corrected chi connectivity index (χ4v) is 2.26. The summed E-state index contributed by atoms with van der Waals surface area (Å²) in [5.74, 6) is 3.32. The van der Waals surface area contributed by atoms with Gasteiger partial charge in [-0.05, 0) is 6.92 Å². The van der Waals surface area contributed by atoms with Gasteiger partial charge in [-0.2, -0.15) is 0 Å². The summed E-state index contributed by atoms with van der Waals surface area (Å²) in [6, 6.07) is 0. The lowest BCUT2D eigenvalue weighted by Gasteiger charge is -2.02. The standard InChI is InChI=1S/C9H15N7S/c1-6-11-13-8(15(6)2)5-17-9-14-12-7(4-10)16(9)3/h4-5,10H2,1-3H3. The van der Waals surface area contributed by atoms with Crippen LogP contribution in [0.15, 0.2) is 5.16 Å². The second kappa shape index (κ2) is 4.84. The van der Waals surface area contributed by atoms with Crippen LogP contribution < -0.4 is 5.73 Å². The van der Waals surface area contributed by atoms with E-state index in [4.69, 9.17) is 5.73 Å². The predicted octanol–water partition coefficient (Wildman–Crippen LogP) is 0.00302. The fraction of sp³-hybridized carbons (Fsp3) is 0.556. The molecule has 7 nitrogen and oxygen atoms in total. The Hall–Kier alpha value is -1.41. The summed E-state index contributed by atoms with van der Waals surface area (Å²) in [4.78, 5) is 0. The van der Waals surface area contributed by atoms with E-state index in [2.05, 4.69) is 20.4 Å². The molecule has 0 aliphatic carbocycles. The highest BCUT2D eigenvalue weighted by Crippen LogP contribution is 2.19. The van der Waals surface area contributed by atoms with E-state index in [-0.39, 0.29) is 0 Å². The fourth-order valence-electron chi connectivity index (χ4n) is 1.35. The van der Waals surface area contributed by atoms with Crippen molar-refractivity contribution in [1.29, 1.82) is 0 Å². The average Bonchev–Trinajstić information content (AvgIpc) is 2.83. The van der Waals surface area contributed by atoms with E-state index in [1.54, 1.807) is 11.8 Å². The first kappa shape index (κ1) is 12.1. The number of aromatic nitrogens is 6. The highest BCUT2D eigenvalue weighted by Gasteiger charge is 2.10. The molecule has 8 heteroatoms. The molecule has 2 aromatic heterocycles. The Labute approximate surface area is 103 Å². The van der Waals surface area contributed by atoms with Crippen molar-refractivity contribution in [1.82, 2.24) is 29.5 Å². The van der Waals surface area contributed by atoms with Crippen LogP contribution in [0.2, 0.25) is 0 Å². The maximum absolute atomic E-state index is 5.54.